The second-order valence-electron chi connectivity index (χ2n) is 3.70. The van der Waals surface area contributed by atoms with Gasteiger partial charge in [-0.05, 0) is 30.2 Å². The number of ether oxygens (including phenoxy) is 1. The molecule has 0 aromatic heterocycles. The molecule has 1 N–H and O–H groups in total. The number of nitrogens with zero attached hydrogens (tertiary/aromatic N) is 1. The highest BCUT2D eigenvalue weighted by Gasteiger charge is 2.07. The highest BCUT2D eigenvalue weighted by atomic mass is 16.5. The average Bonchev–Trinajstić information content (AvgIpc) is 2.42. The van der Waals surface area contributed by atoms with Crippen molar-refractivity contribution in [3.8, 4) is 11.8 Å². The van der Waals surface area contributed by atoms with Crippen LogP contribution in [-0.4, -0.2) is 19.6 Å². The summed E-state index contributed by atoms with van der Waals surface area (Å²) in [5.74, 6) is 0.399. The van der Waals surface area contributed by atoms with E-state index in [2.05, 4.69) is 5.32 Å². The molecule has 1 amide bonds. The standard InChI is InChI=1S/C14H16N2O2/c1-3-8-16-14(17)12(10-15)9-11-4-6-13(18-2)7-5-11/h4-7,9H,3,8H2,1-2H3,(H,16,17)/b12-9+. The fourth-order valence-electron chi connectivity index (χ4n) is 1.35. The van der Waals surface area contributed by atoms with Gasteiger partial charge < -0.3 is 10.1 Å². The zero-order valence-corrected chi connectivity index (χ0v) is 10.6. The lowest BCUT2D eigenvalue weighted by Crippen LogP contribution is -2.25. The lowest BCUT2D eigenvalue weighted by molar-refractivity contribution is -0.117. The van der Waals surface area contributed by atoms with E-state index < -0.39 is 0 Å². The van der Waals surface area contributed by atoms with E-state index in [1.807, 2.05) is 13.0 Å². The van der Waals surface area contributed by atoms with Crippen molar-refractivity contribution >= 4 is 12.0 Å². The number of nitriles is 1. The number of benzene rings is 1. The van der Waals surface area contributed by atoms with Crippen LogP contribution in [0.2, 0.25) is 0 Å². The third-order valence-corrected chi connectivity index (χ3v) is 2.33. The first-order valence-corrected chi connectivity index (χ1v) is 5.75. The third-order valence-electron chi connectivity index (χ3n) is 2.33. The van der Waals surface area contributed by atoms with Crippen LogP contribution in [0, 0.1) is 11.3 Å². The molecule has 0 spiro atoms. The normalized spacial score (nSPS) is 10.6. The minimum absolute atomic E-state index is 0.105. The highest BCUT2D eigenvalue weighted by Crippen LogP contribution is 2.13. The molecule has 0 aliphatic carbocycles. The van der Waals surface area contributed by atoms with Crippen LogP contribution in [0.5, 0.6) is 5.75 Å². The molecule has 0 saturated heterocycles. The maximum atomic E-state index is 11.6. The van der Waals surface area contributed by atoms with Crippen molar-refractivity contribution in [3.63, 3.8) is 0 Å². The van der Waals surface area contributed by atoms with Crippen LogP contribution in [-0.2, 0) is 4.79 Å². The highest BCUT2D eigenvalue weighted by molar-refractivity contribution is 6.01. The number of hydrogen-bond donors (Lipinski definition) is 1. The Morgan fingerprint density at radius 1 is 1.44 bits per heavy atom. The Hall–Kier alpha value is -2.28. The lowest BCUT2D eigenvalue weighted by Gasteiger charge is -2.02. The molecule has 0 unspecified atom stereocenters. The molecule has 1 rings (SSSR count). The van der Waals surface area contributed by atoms with Crippen LogP contribution in [0.3, 0.4) is 0 Å². The first-order valence-electron chi connectivity index (χ1n) is 5.75. The van der Waals surface area contributed by atoms with E-state index in [1.165, 1.54) is 0 Å². The Morgan fingerprint density at radius 2 is 2.11 bits per heavy atom. The van der Waals surface area contributed by atoms with Gasteiger partial charge in [0.05, 0.1) is 7.11 Å². The number of carbonyl (C=O) groups excluding carboxylic acids is 1. The van der Waals surface area contributed by atoms with Crippen molar-refractivity contribution in [2.75, 3.05) is 13.7 Å². The van der Waals surface area contributed by atoms with Gasteiger partial charge in [0.25, 0.3) is 5.91 Å². The first kappa shape index (κ1) is 13.8. The monoisotopic (exact) mass is 244 g/mol. The van der Waals surface area contributed by atoms with E-state index in [0.29, 0.717) is 6.54 Å². The Labute approximate surface area is 107 Å². The van der Waals surface area contributed by atoms with Crippen LogP contribution < -0.4 is 10.1 Å². The summed E-state index contributed by atoms with van der Waals surface area (Å²) in [6, 6.07) is 9.06. The van der Waals surface area contributed by atoms with Gasteiger partial charge in [-0.25, -0.2) is 0 Å². The molecule has 0 aliphatic heterocycles. The van der Waals surface area contributed by atoms with Crippen molar-refractivity contribution in [1.82, 2.24) is 5.32 Å². The Kier molecular flexibility index (Phi) is 5.46. The SMILES string of the molecule is CCCNC(=O)/C(C#N)=C/c1ccc(OC)cc1. The van der Waals surface area contributed by atoms with Crippen molar-refractivity contribution in [2.45, 2.75) is 13.3 Å². The van der Waals surface area contributed by atoms with Gasteiger partial charge in [-0.2, -0.15) is 5.26 Å². The van der Waals surface area contributed by atoms with E-state index in [1.54, 1.807) is 37.5 Å². The summed E-state index contributed by atoms with van der Waals surface area (Å²) < 4.78 is 5.04. The number of rotatable bonds is 5. The minimum atomic E-state index is -0.338. The molecule has 1 aromatic carbocycles. The van der Waals surface area contributed by atoms with Crippen LogP contribution in [0.25, 0.3) is 6.08 Å². The first-order chi connectivity index (χ1) is 8.71. The molecule has 0 saturated carbocycles. The fraction of sp³-hybridized carbons (Fsp3) is 0.286. The van der Waals surface area contributed by atoms with E-state index in [0.717, 1.165) is 17.7 Å². The number of methoxy groups -OCH3 is 1. The van der Waals surface area contributed by atoms with Crippen LogP contribution in [0.4, 0.5) is 0 Å². The Balaban J connectivity index is 2.83. The summed E-state index contributed by atoms with van der Waals surface area (Å²) in [5.41, 5.74) is 0.896. The predicted octanol–water partition coefficient (Wildman–Crippen LogP) is 2.13. The molecule has 0 atom stereocenters. The molecular formula is C14H16N2O2. The van der Waals surface area contributed by atoms with Crippen molar-refractivity contribution < 1.29 is 9.53 Å². The van der Waals surface area contributed by atoms with Gasteiger partial charge in [0, 0.05) is 6.54 Å². The van der Waals surface area contributed by atoms with E-state index >= 15 is 0 Å². The number of hydrogen-bond acceptors (Lipinski definition) is 3. The van der Waals surface area contributed by atoms with Gasteiger partial charge in [0.15, 0.2) is 0 Å². The van der Waals surface area contributed by atoms with Crippen molar-refractivity contribution in [2.24, 2.45) is 0 Å². The fourth-order valence-corrected chi connectivity index (χ4v) is 1.35. The quantitative estimate of drug-likeness (QED) is 0.637. The number of carbonyl (C=O) groups is 1. The predicted molar refractivity (Wildman–Crippen MR) is 69.9 cm³/mol. The maximum absolute atomic E-state index is 11.6. The van der Waals surface area contributed by atoms with Crippen LogP contribution in [0.15, 0.2) is 29.8 Å². The molecule has 0 radical (unpaired) electrons. The molecule has 4 nitrogen and oxygen atoms in total. The topological polar surface area (TPSA) is 62.1 Å². The molecule has 1 aromatic rings. The third kappa shape index (κ3) is 3.95. The lowest BCUT2D eigenvalue weighted by atomic mass is 10.1. The summed E-state index contributed by atoms with van der Waals surface area (Å²) in [5, 5.41) is 11.6. The smallest absolute Gasteiger partial charge is 0.261 e. The summed E-state index contributed by atoms with van der Waals surface area (Å²) in [6.07, 6.45) is 2.40. The van der Waals surface area contributed by atoms with E-state index in [-0.39, 0.29) is 11.5 Å². The van der Waals surface area contributed by atoms with Gasteiger partial charge >= 0.3 is 0 Å². The summed E-state index contributed by atoms with van der Waals surface area (Å²) in [6.45, 7) is 2.53. The van der Waals surface area contributed by atoms with Crippen molar-refractivity contribution in [3.05, 3.63) is 35.4 Å². The second-order valence-corrected chi connectivity index (χ2v) is 3.70. The largest absolute Gasteiger partial charge is 0.497 e. The van der Waals surface area contributed by atoms with Crippen LogP contribution in [0.1, 0.15) is 18.9 Å². The zero-order chi connectivity index (χ0) is 13.4. The molecule has 0 fully saturated rings. The maximum Gasteiger partial charge on any atom is 0.261 e. The molecule has 0 bridgehead atoms. The summed E-state index contributed by atoms with van der Waals surface area (Å²) in [7, 11) is 1.59. The molecule has 0 heterocycles. The van der Waals surface area contributed by atoms with Crippen molar-refractivity contribution in [1.29, 1.82) is 5.26 Å². The summed E-state index contributed by atoms with van der Waals surface area (Å²) in [4.78, 5) is 11.6. The van der Waals surface area contributed by atoms with E-state index in [4.69, 9.17) is 10.00 Å². The summed E-state index contributed by atoms with van der Waals surface area (Å²) >= 11 is 0. The van der Waals surface area contributed by atoms with Gasteiger partial charge in [-0.15, -0.1) is 0 Å². The van der Waals surface area contributed by atoms with Gasteiger partial charge in [0.2, 0.25) is 0 Å². The van der Waals surface area contributed by atoms with E-state index in [9.17, 15) is 4.79 Å². The second kappa shape index (κ2) is 7.13. The van der Waals surface area contributed by atoms with Gasteiger partial charge in [0.1, 0.15) is 17.4 Å². The average molecular weight is 244 g/mol. The van der Waals surface area contributed by atoms with Gasteiger partial charge in [-0.3, -0.25) is 4.79 Å². The Bertz CT molecular complexity index is 470. The number of amides is 1. The molecular weight excluding hydrogens is 228 g/mol. The molecule has 94 valence electrons. The minimum Gasteiger partial charge on any atom is -0.497 e. The molecule has 18 heavy (non-hydrogen) atoms. The number of nitrogens with one attached hydrogen (secondary N) is 1. The molecule has 0 aliphatic rings. The van der Waals surface area contributed by atoms with Gasteiger partial charge in [-0.1, -0.05) is 19.1 Å². The Morgan fingerprint density at radius 3 is 2.61 bits per heavy atom. The molecule has 4 heteroatoms. The van der Waals surface area contributed by atoms with Crippen LogP contribution >= 0.6 is 0 Å². The zero-order valence-electron chi connectivity index (χ0n) is 10.6.